The number of halogens is 3. The van der Waals surface area contributed by atoms with Crippen LogP contribution in [0.25, 0.3) is 22.4 Å². The van der Waals surface area contributed by atoms with Crippen molar-refractivity contribution in [2.24, 2.45) is 0 Å². The Morgan fingerprint density at radius 2 is 1.72 bits per heavy atom. The number of carbonyl (C=O) groups is 1. The maximum atomic E-state index is 12.6. The number of aromatic nitrogens is 2. The first-order chi connectivity index (χ1) is 14.0. The lowest BCUT2D eigenvalue weighted by atomic mass is 10.0. The number of hydrogen-bond donors (Lipinski definition) is 1. The second-order valence-electron chi connectivity index (χ2n) is 6.82. The van der Waals surface area contributed by atoms with Crippen LogP contribution >= 0.6 is 39.1 Å². The molecule has 0 radical (unpaired) electrons. The zero-order chi connectivity index (χ0) is 20.4. The van der Waals surface area contributed by atoms with Crippen molar-refractivity contribution >= 4 is 55.9 Å². The quantitative estimate of drug-likeness (QED) is 0.286. The van der Waals surface area contributed by atoms with Crippen LogP contribution in [0, 0.1) is 0 Å². The Balaban J connectivity index is 1.49. The molecule has 4 rings (SSSR count). The molecular weight excluding hydrogens is 471 g/mol. The summed E-state index contributed by atoms with van der Waals surface area (Å²) in [5.74, 6) is 0.714. The van der Waals surface area contributed by atoms with Gasteiger partial charge in [0.05, 0.1) is 26.6 Å². The standard InChI is InChI=1S/C23H17BrCl2N2O/c24-16-10-7-14(8-11-16)3-1-6-21(29)15-9-12-19-20(13-15)28-23(27-19)22-17(25)4-2-5-18(22)26/h2,4-5,7-13H,1,3,6H2,(H,27,28). The smallest absolute Gasteiger partial charge is 0.162 e. The molecule has 0 unspecified atom stereocenters. The second-order valence-corrected chi connectivity index (χ2v) is 8.55. The van der Waals surface area contributed by atoms with Gasteiger partial charge in [0.15, 0.2) is 5.78 Å². The maximum absolute atomic E-state index is 12.6. The first kappa shape index (κ1) is 20.1. The molecule has 0 bridgehead atoms. The molecule has 0 spiro atoms. The minimum Gasteiger partial charge on any atom is -0.338 e. The number of H-pyrrole nitrogens is 1. The largest absolute Gasteiger partial charge is 0.338 e. The number of imidazole rings is 1. The van der Waals surface area contributed by atoms with E-state index in [0.717, 1.165) is 28.3 Å². The third kappa shape index (κ3) is 4.55. The first-order valence-electron chi connectivity index (χ1n) is 9.23. The van der Waals surface area contributed by atoms with E-state index in [9.17, 15) is 4.79 Å². The lowest BCUT2D eigenvalue weighted by molar-refractivity contribution is 0.0980. The first-order valence-corrected chi connectivity index (χ1v) is 10.8. The van der Waals surface area contributed by atoms with Crippen LogP contribution < -0.4 is 0 Å². The Morgan fingerprint density at radius 1 is 1.00 bits per heavy atom. The number of hydrogen-bond acceptors (Lipinski definition) is 2. The van der Waals surface area contributed by atoms with Gasteiger partial charge in [-0.1, -0.05) is 57.3 Å². The van der Waals surface area contributed by atoms with Crippen LogP contribution in [0.1, 0.15) is 28.8 Å². The number of ketones is 1. The van der Waals surface area contributed by atoms with Gasteiger partial charge in [-0.15, -0.1) is 0 Å². The van der Waals surface area contributed by atoms with Crippen LogP contribution in [0.3, 0.4) is 0 Å². The van der Waals surface area contributed by atoms with Crippen molar-refractivity contribution in [1.82, 2.24) is 9.97 Å². The lowest BCUT2D eigenvalue weighted by Crippen LogP contribution is -2.00. The van der Waals surface area contributed by atoms with Crippen LogP contribution in [0.4, 0.5) is 0 Å². The average Bonchev–Trinajstić information content (AvgIpc) is 3.12. The molecule has 3 nitrogen and oxygen atoms in total. The molecule has 3 aromatic carbocycles. The molecule has 1 N–H and O–H groups in total. The fourth-order valence-corrected chi connectivity index (χ4v) is 4.11. The number of carbonyl (C=O) groups excluding carboxylic acids is 1. The van der Waals surface area contributed by atoms with Crippen LogP contribution in [0.2, 0.25) is 10.0 Å². The number of benzene rings is 3. The summed E-state index contributed by atoms with van der Waals surface area (Å²) in [5.41, 5.74) is 4.12. The van der Waals surface area contributed by atoms with E-state index in [4.69, 9.17) is 23.2 Å². The van der Waals surface area contributed by atoms with E-state index < -0.39 is 0 Å². The van der Waals surface area contributed by atoms with E-state index in [1.165, 1.54) is 5.56 Å². The highest BCUT2D eigenvalue weighted by molar-refractivity contribution is 9.10. The predicted octanol–water partition coefficient (Wildman–Crippen LogP) is 7.50. The Kier molecular flexibility index (Phi) is 6.04. The highest BCUT2D eigenvalue weighted by Crippen LogP contribution is 2.34. The zero-order valence-electron chi connectivity index (χ0n) is 15.4. The van der Waals surface area contributed by atoms with Crippen molar-refractivity contribution in [3.63, 3.8) is 0 Å². The average molecular weight is 488 g/mol. The molecule has 0 atom stereocenters. The van der Waals surface area contributed by atoms with E-state index in [1.54, 1.807) is 18.2 Å². The Morgan fingerprint density at radius 3 is 2.45 bits per heavy atom. The van der Waals surface area contributed by atoms with Crippen molar-refractivity contribution < 1.29 is 4.79 Å². The van der Waals surface area contributed by atoms with Crippen molar-refractivity contribution in [3.8, 4) is 11.4 Å². The van der Waals surface area contributed by atoms with Crippen LogP contribution in [0.5, 0.6) is 0 Å². The summed E-state index contributed by atoms with van der Waals surface area (Å²) in [5, 5.41) is 1.06. The molecule has 1 aromatic heterocycles. The minimum absolute atomic E-state index is 0.121. The summed E-state index contributed by atoms with van der Waals surface area (Å²) >= 11 is 16.0. The van der Waals surface area contributed by atoms with Crippen molar-refractivity contribution in [2.75, 3.05) is 0 Å². The Labute approximate surface area is 187 Å². The topological polar surface area (TPSA) is 45.8 Å². The predicted molar refractivity (Wildman–Crippen MR) is 123 cm³/mol. The number of nitrogens with one attached hydrogen (secondary N) is 1. The van der Waals surface area contributed by atoms with Gasteiger partial charge in [0.25, 0.3) is 0 Å². The molecule has 6 heteroatoms. The highest BCUT2D eigenvalue weighted by atomic mass is 79.9. The number of Topliss-reactive ketones (excluding diaryl/α,β-unsaturated/α-hetero) is 1. The van der Waals surface area contributed by atoms with Gasteiger partial charge in [-0.3, -0.25) is 4.79 Å². The van der Waals surface area contributed by atoms with E-state index >= 15 is 0 Å². The fourth-order valence-electron chi connectivity index (χ4n) is 3.27. The summed E-state index contributed by atoms with van der Waals surface area (Å²) in [6, 6.07) is 19.1. The maximum Gasteiger partial charge on any atom is 0.162 e. The van der Waals surface area contributed by atoms with Crippen molar-refractivity contribution in [2.45, 2.75) is 19.3 Å². The van der Waals surface area contributed by atoms with Crippen LogP contribution in [-0.4, -0.2) is 15.8 Å². The van der Waals surface area contributed by atoms with Gasteiger partial charge >= 0.3 is 0 Å². The number of nitrogens with zero attached hydrogens (tertiary/aromatic N) is 1. The van der Waals surface area contributed by atoms with Crippen LogP contribution in [0.15, 0.2) is 65.1 Å². The fraction of sp³-hybridized carbons (Fsp3) is 0.130. The zero-order valence-corrected chi connectivity index (χ0v) is 18.5. The van der Waals surface area contributed by atoms with Crippen molar-refractivity contribution in [1.29, 1.82) is 0 Å². The molecule has 1 heterocycles. The number of fused-ring (bicyclic) bond motifs is 1. The monoisotopic (exact) mass is 486 g/mol. The third-order valence-corrected chi connectivity index (χ3v) is 5.94. The summed E-state index contributed by atoms with van der Waals surface area (Å²) in [7, 11) is 0. The second kappa shape index (κ2) is 8.70. The minimum atomic E-state index is 0.121. The van der Waals surface area contributed by atoms with Gasteiger partial charge in [-0.2, -0.15) is 0 Å². The van der Waals surface area contributed by atoms with E-state index in [0.29, 0.717) is 33.4 Å². The molecule has 4 aromatic rings. The highest BCUT2D eigenvalue weighted by Gasteiger charge is 2.14. The Bertz CT molecular complexity index is 1170. The number of aryl methyl sites for hydroxylation is 1. The van der Waals surface area contributed by atoms with Gasteiger partial charge in [0.2, 0.25) is 0 Å². The molecule has 0 aliphatic heterocycles. The lowest BCUT2D eigenvalue weighted by Gasteiger charge is -2.03. The molecule has 0 amide bonds. The molecule has 0 saturated heterocycles. The van der Waals surface area contributed by atoms with E-state index in [-0.39, 0.29) is 5.78 Å². The molecule has 0 saturated carbocycles. The van der Waals surface area contributed by atoms with Gasteiger partial charge in [-0.05, 0) is 60.9 Å². The van der Waals surface area contributed by atoms with E-state index in [1.807, 2.05) is 30.3 Å². The number of aromatic amines is 1. The molecule has 29 heavy (non-hydrogen) atoms. The van der Waals surface area contributed by atoms with Gasteiger partial charge < -0.3 is 4.98 Å². The van der Waals surface area contributed by atoms with E-state index in [2.05, 4.69) is 38.0 Å². The Hall–Kier alpha value is -2.14. The summed E-state index contributed by atoms with van der Waals surface area (Å²) in [4.78, 5) is 20.4. The molecule has 0 aliphatic carbocycles. The van der Waals surface area contributed by atoms with Gasteiger partial charge in [0.1, 0.15) is 5.82 Å². The normalized spacial score (nSPS) is 11.1. The SMILES string of the molecule is O=C(CCCc1ccc(Br)cc1)c1ccc2nc(-c3c(Cl)cccc3Cl)[nH]c2c1. The molecule has 0 aliphatic rings. The van der Waals surface area contributed by atoms with Crippen LogP contribution in [-0.2, 0) is 6.42 Å². The molecular formula is C23H17BrCl2N2O. The third-order valence-electron chi connectivity index (χ3n) is 4.79. The van der Waals surface area contributed by atoms with Crippen molar-refractivity contribution in [3.05, 3.63) is 86.3 Å². The summed E-state index contributed by atoms with van der Waals surface area (Å²) in [6.07, 6.45) is 2.18. The molecule has 0 fully saturated rings. The summed E-state index contributed by atoms with van der Waals surface area (Å²) < 4.78 is 1.06. The summed E-state index contributed by atoms with van der Waals surface area (Å²) in [6.45, 7) is 0. The van der Waals surface area contributed by atoms with Gasteiger partial charge in [-0.25, -0.2) is 4.98 Å². The molecule has 146 valence electrons. The number of rotatable bonds is 6. The van der Waals surface area contributed by atoms with Gasteiger partial charge in [0, 0.05) is 16.5 Å².